The van der Waals surface area contributed by atoms with E-state index in [1.165, 1.54) is 30.6 Å². The molecule has 0 radical (unpaired) electrons. The Morgan fingerprint density at radius 3 is 3.20 bits per heavy atom. The van der Waals surface area contributed by atoms with Gasteiger partial charge in [0.2, 0.25) is 0 Å². The van der Waals surface area contributed by atoms with Crippen molar-refractivity contribution in [3.8, 4) is 0 Å². The van der Waals surface area contributed by atoms with Gasteiger partial charge in [0, 0.05) is 41.9 Å². The average molecular weight is 290 g/mol. The van der Waals surface area contributed by atoms with Gasteiger partial charge < -0.3 is 5.32 Å². The van der Waals surface area contributed by atoms with Crippen LogP contribution in [0.3, 0.4) is 0 Å². The van der Waals surface area contributed by atoms with Gasteiger partial charge in [-0.15, -0.1) is 0 Å². The van der Waals surface area contributed by atoms with Crippen LogP contribution in [0.4, 0.5) is 0 Å². The predicted octanol–water partition coefficient (Wildman–Crippen LogP) is 2.80. The SMILES string of the molecule is CCSC1CCCC1NCc1cnc2cc(C)nn2c1. The number of hydrogen-bond donors (Lipinski definition) is 1. The molecule has 0 aromatic carbocycles. The van der Waals surface area contributed by atoms with E-state index in [1.54, 1.807) is 0 Å². The van der Waals surface area contributed by atoms with Crippen LogP contribution in [0.25, 0.3) is 5.65 Å². The Bertz CT molecular complexity index is 580. The molecule has 2 aromatic rings. The van der Waals surface area contributed by atoms with Crippen molar-refractivity contribution in [3.05, 3.63) is 29.7 Å². The Morgan fingerprint density at radius 1 is 1.45 bits per heavy atom. The molecule has 1 saturated carbocycles. The van der Waals surface area contributed by atoms with Gasteiger partial charge in [-0.05, 0) is 25.5 Å². The lowest BCUT2D eigenvalue weighted by molar-refractivity contribution is 0.530. The van der Waals surface area contributed by atoms with E-state index in [9.17, 15) is 0 Å². The first-order valence-electron chi connectivity index (χ1n) is 7.42. The minimum atomic E-state index is 0.648. The quantitative estimate of drug-likeness (QED) is 0.919. The summed E-state index contributed by atoms with van der Waals surface area (Å²) in [5, 5.41) is 8.90. The Morgan fingerprint density at radius 2 is 2.35 bits per heavy atom. The molecule has 2 atom stereocenters. The summed E-state index contributed by atoms with van der Waals surface area (Å²) in [6.45, 7) is 5.13. The van der Waals surface area contributed by atoms with Crippen LogP contribution in [0.1, 0.15) is 37.4 Å². The normalized spacial score (nSPS) is 22.7. The van der Waals surface area contributed by atoms with Gasteiger partial charge in [-0.1, -0.05) is 13.3 Å². The zero-order valence-electron chi connectivity index (χ0n) is 12.2. The highest BCUT2D eigenvalue weighted by atomic mass is 32.2. The number of nitrogens with zero attached hydrogens (tertiary/aromatic N) is 3. The molecule has 0 saturated heterocycles. The molecule has 0 bridgehead atoms. The molecular weight excluding hydrogens is 268 g/mol. The molecule has 1 aliphatic rings. The smallest absolute Gasteiger partial charge is 0.155 e. The number of hydrogen-bond acceptors (Lipinski definition) is 4. The summed E-state index contributed by atoms with van der Waals surface area (Å²) in [6, 6.07) is 2.65. The third-order valence-electron chi connectivity index (χ3n) is 3.89. The van der Waals surface area contributed by atoms with Crippen LogP contribution in [-0.2, 0) is 6.54 Å². The average Bonchev–Trinajstić information content (AvgIpc) is 3.01. The highest BCUT2D eigenvalue weighted by Gasteiger charge is 2.26. The van der Waals surface area contributed by atoms with Crippen molar-refractivity contribution in [2.24, 2.45) is 0 Å². The summed E-state index contributed by atoms with van der Waals surface area (Å²) in [5.74, 6) is 1.21. The standard InChI is InChI=1S/C15H22N4S/c1-3-20-14-6-4-5-13(14)16-8-12-9-17-15-7-11(2)18-19(15)10-12/h7,9-10,13-14,16H,3-6,8H2,1-2H3. The number of aromatic nitrogens is 3. The number of aryl methyl sites for hydroxylation is 1. The van der Waals surface area contributed by atoms with E-state index in [0.717, 1.165) is 23.1 Å². The lowest BCUT2D eigenvalue weighted by Gasteiger charge is -2.20. The molecule has 1 N–H and O–H groups in total. The number of thioether (sulfide) groups is 1. The molecular formula is C15H22N4S. The minimum absolute atomic E-state index is 0.648. The van der Waals surface area contributed by atoms with Crippen LogP contribution in [0.15, 0.2) is 18.5 Å². The second kappa shape index (κ2) is 6.14. The van der Waals surface area contributed by atoms with Gasteiger partial charge in [-0.3, -0.25) is 0 Å². The van der Waals surface area contributed by atoms with Crippen molar-refractivity contribution >= 4 is 17.4 Å². The van der Waals surface area contributed by atoms with Gasteiger partial charge in [0.1, 0.15) is 0 Å². The third-order valence-corrected chi connectivity index (χ3v) is 5.22. The molecule has 3 rings (SSSR count). The topological polar surface area (TPSA) is 42.2 Å². The van der Waals surface area contributed by atoms with Gasteiger partial charge >= 0.3 is 0 Å². The zero-order valence-corrected chi connectivity index (χ0v) is 13.0. The lowest BCUT2D eigenvalue weighted by atomic mass is 10.2. The first-order valence-corrected chi connectivity index (χ1v) is 8.47. The number of nitrogens with one attached hydrogen (secondary N) is 1. The van der Waals surface area contributed by atoms with Gasteiger partial charge in [0.15, 0.2) is 5.65 Å². The highest BCUT2D eigenvalue weighted by molar-refractivity contribution is 7.99. The summed E-state index contributed by atoms with van der Waals surface area (Å²) >= 11 is 2.09. The summed E-state index contributed by atoms with van der Waals surface area (Å²) in [5.41, 5.74) is 3.14. The molecule has 2 unspecified atom stereocenters. The maximum Gasteiger partial charge on any atom is 0.155 e. The third kappa shape index (κ3) is 2.99. The van der Waals surface area contributed by atoms with E-state index in [-0.39, 0.29) is 0 Å². The van der Waals surface area contributed by atoms with Gasteiger partial charge in [0.05, 0.1) is 5.69 Å². The number of fused-ring (bicyclic) bond motifs is 1. The van der Waals surface area contributed by atoms with E-state index in [2.05, 4.69) is 40.3 Å². The molecule has 0 aliphatic heterocycles. The molecule has 4 nitrogen and oxygen atoms in total. The Balaban J connectivity index is 1.64. The summed E-state index contributed by atoms with van der Waals surface area (Å²) in [6.07, 6.45) is 8.05. The van der Waals surface area contributed by atoms with Crippen LogP contribution in [0.5, 0.6) is 0 Å². The van der Waals surface area contributed by atoms with Crippen molar-refractivity contribution in [1.29, 1.82) is 0 Å². The molecule has 20 heavy (non-hydrogen) atoms. The molecule has 1 fully saturated rings. The number of rotatable bonds is 5. The van der Waals surface area contributed by atoms with E-state index in [1.807, 2.05) is 23.7 Å². The second-order valence-electron chi connectivity index (χ2n) is 5.46. The predicted molar refractivity (Wildman–Crippen MR) is 84.1 cm³/mol. The molecule has 108 valence electrons. The van der Waals surface area contributed by atoms with Gasteiger partial charge in [-0.2, -0.15) is 16.9 Å². The molecule has 5 heteroatoms. The largest absolute Gasteiger partial charge is 0.309 e. The fraction of sp³-hybridized carbons (Fsp3) is 0.600. The van der Waals surface area contributed by atoms with E-state index in [0.29, 0.717) is 6.04 Å². The van der Waals surface area contributed by atoms with Crippen LogP contribution in [0, 0.1) is 6.92 Å². The highest BCUT2D eigenvalue weighted by Crippen LogP contribution is 2.30. The first-order chi connectivity index (χ1) is 9.76. The summed E-state index contributed by atoms with van der Waals surface area (Å²) < 4.78 is 1.87. The molecule has 2 aromatic heterocycles. The molecule has 0 spiro atoms. The van der Waals surface area contributed by atoms with Crippen molar-refractivity contribution in [2.75, 3.05) is 5.75 Å². The summed E-state index contributed by atoms with van der Waals surface area (Å²) in [4.78, 5) is 4.46. The monoisotopic (exact) mass is 290 g/mol. The molecule has 0 amide bonds. The van der Waals surface area contributed by atoms with Crippen molar-refractivity contribution < 1.29 is 0 Å². The summed E-state index contributed by atoms with van der Waals surface area (Å²) in [7, 11) is 0. The van der Waals surface area contributed by atoms with Crippen LogP contribution >= 0.6 is 11.8 Å². The Kier molecular flexibility index (Phi) is 4.27. The fourth-order valence-electron chi connectivity index (χ4n) is 2.95. The van der Waals surface area contributed by atoms with Crippen molar-refractivity contribution in [3.63, 3.8) is 0 Å². The fourth-order valence-corrected chi connectivity index (χ4v) is 4.17. The van der Waals surface area contributed by atoms with Crippen LogP contribution < -0.4 is 5.32 Å². The molecule has 2 heterocycles. The van der Waals surface area contributed by atoms with Crippen LogP contribution in [0.2, 0.25) is 0 Å². The van der Waals surface area contributed by atoms with Crippen molar-refractivity contribution in [2.45, 2.75) is 50.9 Å². The van der Waals surface area contributed by atoms with Gasteiger partial charge in [0.25, 0.3) is 0 Å². The van der Waals surface area contributed by atoms with Crippen molar-refractivity contribution in [1.82, 2.24) is 19.9 Å². The van der Waals surface area contributed by atoms with E-state index >= 15 is 0 Å². The van der Waals surface area contributed by atoms with E-state index < -0.39 is 0 Å². The molecule has 1 aliphatic carbocycles. The Hall–Kier alpha value is -1.07. The maximum atomic E-state index is 4.46. The van der Waals surface area contributed by atoms with E-state index in [4.69, 9.17) is 0 Å². The van der Waals surface area contributed by atoms with Gasteiger partial charge in [-0.25, -0.2) is 9.50 Å². The van der Waals surface area contributed by atoms with Crippen LogP contribution in [-0.4, -0.2) is 31.6 Å². The zero-order chi connectivity index (χ0) is 13.9. The maximum absolute atomic E-state index is 4.46. The lowest BCUT2D eigenvalue weighted by Crippen LogP contribution is -2.33. The second-order valence-corrected chi connectivity index (χ2v) is 6.98. The Labute approximate surface area is 124 Å². The minimum Gasteiger partial charge on any atom is -0.309 e. The first kappa shape index (κ1) is 13.9.